The first-order chi connectivity index (χ1) is 23.9. The van der Waals surface area contributed by atoms with Crippen LogP contribution in [-0.2, 0) is 22.7 Å². The SMILES string of the molecule is CCN=C(/C=C(/C)N)C(=O)N=c1sc2cc(C(N)=O)cc(OC)c2n1C/C=C/Cn1c(NC)nc2cc(C(N)=O)cc(OCCCC(=O)O)c21. The summed E-state index contributed by atoms with van der Waals surface area (Å²) < 4.78 is 15.8. The Labute approximate surface area is 290 Å². The number of nitrogens with one attached hydrogen (secondary N) is 1. The number of hydrogen-bond donors (Lipinski definition) is 5. The fraction of sp³-hybridized carbons (Fsp3) is 0.303. The molecular weight excluding hydrogens is 666 g/mol. The van der Waals surface area contributed by atoms with Crippen LogP contribution in [0.2, 0.25) is 0 Å². The molecule has 0 radical (unpaired) electrons. The average molecular weight is 706 g/mol. The lowest BCUT2D eigenvalue weighted by atomic mass is 10.1. The third-order valence-electron chi connectivity index (χ3n) is 7.21. The predicted molar refractivity (Wildman–Crippen MR) is 191 cm³/mol. The molecule has 0 fully saturated rings. The number of thiazole rings is 1. The van der Waals surface area contributed by atoms with Crippen molar-refractivity contribution in [1.82, 2.24) is 14.1 Å². The molecule has 50 heavy (non-hydrogen) atoms. The van der Waals surface area contributed by atoms with Crippen LogP contribution in [0.15, 0.2) is 58.2 Å². The van der Waals surface area contributed by atoms with Crippen molar-refractivity contribution in [2.24, 2.45) is 27.2 Å². The molecule has 2 aromatic heterocycles. The standard InChI is InChI=1S/C33H39N9O7S/c1-5-38-22(13-18(2)34)31(47)40-33-42(28-23(48-4)15-20(30(36)46)17-25(28)50-33)11-7-6-10-41-27-21(39-32(41)37-3)14-19(29(35)45)16-24(27)49-12-8-9-26(43)44/h6-7,13-17H,5,8-12,34H2,1-4H3,(H2,35,45)(H2,36,46)(H,37,39)(H,43,44)/b7-6+,18-13-,38-22?,40-33?. The van der Waals surface area contributed by atoms with Crippen LogP contribution in [0.25, 0.3) is 21.3 Å². The second-order valence-corrected chi connectivity index (χ2v) is 11.9. The minimum absolute atomic E-state index is 0.0814. The number of aromatic nitrogens is 3. The van der Waals surface area contributed by atoms with E-state index in [9.17, 15) is 19.2 Å². The van der Waals surface area contributed by atoms with Crippen molar-refractivity contribution in [3.05, 3.63) is 64.1 Å². The molecule has 0 unspecified atom stereocenters. The maximum Gasteiger partial charge on any atom is 0.303 e. The Balaban J connectivity index is 1.78. The molecule has 0 spiro atoms. The Bertz CT molecular complexity index is 2120. The number of nitrogens with two attached hydrogens (primary N) is 3. The van der Waals surface area contributed by atoms with Gasteiger partial charge in [0.2, 0.25) is 17.8 Å². The summed E-state index contributed by atoms with van der Waals surface area (Å²) in [6, 6.07) is 6.22. The number of benzene rings is 2. The highest BCUT2D eigenvalue weighted by Crippen LogP contribution is 2.32. The number of amides is 3. The highest BCUT2D eigenvalue weighted by molar-refractivity contribution is 7.16. The lowest BCUT2D eigenvalue weighted by Gasteiger charge is -2.12. The Kier molecular flexibility index (Phi) is 12.1. The second-order valence-electron chi connectivity index (χ2n) is 10.9. The fourth-order valence-corrected chi connectivity index (χ4v) is 6.14. The molecule has 17 heteroatoms. The summed E-state index contributed by atoms with van der Waals surface area (Å²) in [5.74, 6) is -1.68. The summed E-state index contributed by atoms with van der Waals surface area (Å²) >= 11 is 1.18. The summed E-state index contributed by atoms with van der Waals surface area (Å²) in [7, 11) is 3.17. The van der Waals surface area contributed by atoms with Crippen LogP contribution in [0.4, 0.5) is 5.95 Å². The number of hydrogen-bond acceptors (Lipinski definition) is 11. The molecule has 8 N–H and O–H groups in total. The third-order valence-corrected chi connectivity index (χ3v) is 8.23. The molecule has 0 aliphatic carbocycles. The average Bonchev–Trinajstić information content (AvgIpc) is 3.60. The van der Waals surface area contributed by atoms with E-state index in [0.717, 1.165) is 0 Å². The molecule has 4 aromatic rings. The molecule has 4 rings (SSSR count). The number of aliphatic carboxylic acids is 1. The van der Waals surface area contributed by atoms with Crippen LogP contribution in [0, 0.1) is 0 Å². The smallest absolute Gasteiger partial charge is 0.303 e. The van der Waals surface area contributed by atoms with Gasteiger partial charge in [-0.2, -0.15) is 4.99 Å². The zero-order chi connectivity index (χ0) is 36.5. The minimum atomic E-state index is -0.947. The van der Waals surface area contributed by atoms with Crippen molar-refractivity contribution in [2.75, 3.05) is 32.6 Å². The van der Waals surface area contributed by atoms with Crippen LogP contribution in [-0.4, -0.2) is 75.9 Å². The van der Waals surface area contributed by atoms with E-state index < -0.39 is 23.7 Å². The topological polar surface area (TPSA) is 245 Å². The zero-order valence-electron chi connectivity index (χ0n) is 28.1. The molecule has 3 amide bonds. The number of carboxylic acid groups (broad SMARTS) is 1. The highest BCUT2D eigenvalue weighted by Gasteiger charge is 2.19. The van der Waals surface area contributed by atoms with Gasteiger partial charge in [0.1, 0.15) is 28.2 Å². The van der Waals surface area contributed by atoms with Gasteiger partial charge in [-0.3, -0.25) is 24.2 Å². The minimum Gasteiger partial charge on any atom is -0.494 e. The van der Waals surface area contributed by atoms with Gasteiger partial charge in [0.15, 0.2) is 4.80 Å². The van der Waals surface area contributed by atoms with E-state index in [2.05, 4.69) is 20.3 Å². The van der Waals surface area contributed by atoms with Gasteiger partial charge < -0.3 is 46.2 Å². The van der Waals surface area contributed by atoms with Crippen molar-refractivity contribution in [2.45, 2.75) is 39.8 Å². The number of rotatable bonds is 16. The van der Waals surface area contributed by atoms with Crippen molar-refractivity contribution >= 4 is 67.9 Å². The van der Waals surface area contributed by atoms with Gasteiger partial charge in [0.05, 0.1) is 23.9 Å². The van der Waals surface area contributed by atoms with Gasteiger partial charge in [-0.1, -0.05) is 23.5 Å². The van der Waals surface area contributed by atoms with Crippen LogP contribution >= 0.6 is 11.3 Å². The molecule has 16 nitrogen and oxygen atoms in total. The van der Waals surface area contributed by atoms with Gasteiger partial charge in [-0.25, -0.2) is 4.98 Å². The van der Waals surface area contributed by atoms with E-state index in [0.29, 0.717) is 62.3 Å². The molecule has 2 aromatic carbocycles. The van der Waals surface area contributed by atoms with Gasteiger partial charge in [-0.05, 0) is 50.6 Å². The molecule has 2 heterocycles. The maximum atomic E-state index is 13.3. The zero-order valence-corrected chi connectivity index (χ0v) is 28.9. The second kappa shape index (κ2) is 16.4. The fourth-order valence-electron chi connectivity index (χ4n) is 5.05. The van der Waals surface area contributed by atoms with Gasteiger partial charge in [0, 0.05) is 49.9 Å². The highest BCUT2D eigenvalue weighted by atomic mass is 32.1. The molecular formula is C33H39N9O7S. The van der Waals surface area contributed by atoms with Gasteiger partial charge >= 0.3 is 5.97 Å². The van der Waals surface area contributed by atoms with Crippen LogP contribution in [0.1, 0.15) is 47.4 Å². The summed E-state index contributed by atoms with van der Waals surface area (Å²) in [4.78, 5) is 62.0. The lowest BCUT2D eigenvalue weighted by molar-refractivity contribution is -0.137. The number of primary amides is 2. The molecule has 0 saturated carbocycles. The quantitative estimate of drug-likeness (QED) is 0.0648. The molecule has 0 bridgehead atoms. The Morgan fingerprint density at radius 3 is 2.26 bits per heavy atom. The Morgan fingerprint density at radius 2 is 1.66 bits per heavy atom. The molecule has 264 valence electrons. The Morgan fingerprint density at radius 1 is 1.00 bits per heavy atom. The first-order valence-corrected chi connectivity index (χ1v) is 16.3. The number of methoxy groups -OCH3 is 1. The number of fused-ring (bicyclic) bond motifs is 2. The monoisotopic (exact) mass is 705 g/mol. The van der Waals surface area contributed by atoms with Crippen molar-refractivity contribution in [1.29, 1.82) is 0 Å². The number of ether oxygens (including phenoxy) is 2. The summed E-state index contributed by atoms with van der Waals surface area (Å²) in [6.07, 6.45) is 5.37. The number of allylic oxidation sites excluding steroid dienone is 3. The summed E-state index contributed by atoms with van der Waals surface area (Å²) in [6.45, 7) is 4.41. The normalized spacial score (nSPS) is 12.6. The van der Waals surface area contributed by atoms with Gasteiger partial charge in [-0.15, -0.1) is 0 Å². The van der Waals surface area contributed by atoms with Crippen LogP contribution < -0.4 is 36.8 Å². The van der Waals surface area contributed by atoms with E-state index in [-0.39, 0.29) is 42.8 Å². The van der Waals surface area contributed by atoms with E-state index >= 15 is 0 Å². The predicted octanol–water partition coefficient (Wildman–Crippen LogP) is 2.55. The number of imidazole rings is 1. The van der Waals surface area contributed by atoms with E-state index in [1.54, 1.807) is 37.6 Å². The molecule has 0 atom stereocenters. The number of anilines is 1. The van der Waals surface area contributed by atoms with E-state index in [1.165, 1.54) is 36.7 Å². The first-order valence-electron chi connectivity index (χ1n) is 15.5. The molecule has 0 aliphatic heterocycles. The Hall–Kier alpha value is -5.97. The number of nitrogens with zero attached hydrogens (tertiary/aromatic N) is 5. The van der Waals surface area contributed by atoms with Crippen molar-refractivity contribution < 1.29 is 33.8 Å². The maximum absolute atomic E-state index is 13.3. The lowest BCUT2D eigenvalue weighted by Crippen LogP contribution is -2.20. The summed E-state index contributed by atoms with van der Waals surface area (Å²) in [5.41, 5.74) is 19.5. The molecule has 0 aliphatic rings. The van der Waals surface area contributed by atoms with Crippen molar-refractivity contribution in [3.8, 4) is 11.5 Å². The third kappa shape index (κ3) is 8.54. The number of carbonyl (C=O) groups excluding carboxylic acids is 3. The number of aliphatic imine (C=N–C) groups is 1. The largest absolute Gasteiger partial charge is 0.494 e. The summed E-state index contributed by atoms with van der Waals surface area (Å²) in [5, 5.41) is 12.1. The number of carboxylic acids is 1. The van der Waals surface area contributed by atoms with Crippen molar-refractivity contribution in [3.63, 3.8) is 0 Å². The van der Waals surface area contributed by atoms with Crippen LogP contribution in [0.3, 0.4) is 0 Å². The van der Waals surface area contributed by atoms with Crippen LogP contribution in [0.5, 0.6) is 11.5 Å². The van der Waals surface area contributed by atoms with E-state index in [4.69, 9.17) is 31.8 Å². The van der Waals surface area contributed by atoms with Gasteiger partial charge in [0.25, 0.3) is 5.91 Å². The molecule has 0 saturated heterocycles. The first kappa shape index (κ1) is 36.9. The number of carbonyl (C=O) groups is 4. The van der Waals surface area contributed by atoms with E-state index in [1.807, 2.05) is 16.7 Å².